The lowest BCUT2D eigenvalue weighted by Crippen LogP contribution is -2.11. The van der Waals surface area contributed by atoms with Crippen molar-refractivity contribution in [3.63, 3.8) is 0 Å². The molecule has 2 rings (SSSR count). The first-order valence-corrected chi connectivity index (χ1v) is 6.53. The summed E-state index contributed by atoms with van der Waals surface area (Å²) in [6.07, 6.45) is 0.869. The summed E-state index contributed by atoms with van der Waals surface area (Å²) in [5, 5.41) is 0. The second-order valence-corrected chi connectivity index (χ2v) is 4.21. The summed E-state index contributed by atoms with van der Waals surface area (Å²) in [4.78, 5) is 8.58. The molecule has 0 saturated heterocycles. The Bertz CT molecular complexity index is 548. The van der Waals surface area contributed by atoms with Crippen LogP contribution in [0.4, 0.5) is 5.82 Å². The number of rotatable bonds is 8. The molecule has 0 amide bonds. The van der Waals surface area contributed by atoms with Crippen LogP contribution in [0.1, 0.15) is 6.42 Å². The summed E-state index contributed by atoms with van der Waals surface area (Å²) in [5.74, 6) is 0.646. The van der Waals surface area contributed by atoms with E-state index in [1.54, 1.807) is 7.11 Å². The Morgan fingerprint density at radius 3 is 2.50 bits per heavy atom. The Morgan fingerprint density at radius 2 is 1.75 bits per heavy atom. The molecule has 0 unspecified atom stereocenters. The van der Waals surface area contributed by atoms with Crippen LogP contribution in [-0.2, 0) is 9.47 Å². The van der Waals surface area contributed by atoms with Crippen LogP contribution in [0, 0.1) is 0 Å². The monoisotopic (exact) mass is 277 g/mol. The van der Waals surface area contributed by atoms with Gasteiger partial charge in [0.05, 0.1) is 17.6 Å². The number of para-hydroxylation sites is 2. The largest absolute Gasteiger partial charge is 0.473 e. The van der Waals surface area contributed by atoms with Gasteiger partial charge in [-0.1, -0.05) is 12.1 Å². The number of methoxy groups -OCH3 is 1. The average molecular weight is 277 g/mol. The van der Waals surface area contributed by atoms with Gasteiger partial charge in [-0.3, -0.25) is 0 Å². The maximum Gasteiger partial charge on any atom is 0.257 e. The van der Waals surface area contributed by atoms with Crippen molar-refractivity contribution in [1.29, 1.82) is 0 Å². The summed E-state index contributed by atoms with van der Waals surface area (Å²) < 4.78 is 15.8. The zero-order valence-corrected chi connectivity index (χ0v) is 11.5. The van der Waals surface area contributed by atoms with Gasteiger partial charge in [-0.15, -0.1) is 0 Å². The van der Waals surface area contributed by atoms with Crippen LogP contribution in [-0.4, -0.2) is 43.5 Å². The van der Waals surface area contributed by atoms with Gasteiger partial charge in [0.1, 0.15) is 6.61 Å². The first-order valence-electron chi connectivity index (χ1n) is 6.53. The number of hydrogen-bond donors (Lipinski definition) is 1. The lowest BCUT2D eigenvalue weighted by Gasteiger charge is -2.08. The van der Waals surface area contributed by atoms with E-state index in [-0.39, 0.29) is 0 Å². The maximum absolute atomic E-state index is 5.81. The van der Waals surface area contributed by atoms with Gasteiger partial charge in [0.2, 0.25) is 0 Å². The zero-order valence-electron chi connectivity index (χ0n) is 11.5. The third kappa shape index (κ3) is 4.04. The van der Waals surface area contributed by atoms with Crippen molar-refractivity contribution in [3.8, 4) is 5.88 Å². The van der Waals surface area contributed by atoms with Crippen LogP contribution >= 0.6 is 0 Å². The summed E-state index contributed by atoms with van der Waals surface area (Å²) in [5.41, 5.74) is 7.33. The van der Waals surface area contributed by atoms with Crippen molar-refractivity contribution in [3.05, 3.63) is 24.3 Å². The van der Waals surface area contributed by atoms with E-state index in [2.05, 4.69) is 9.97 Å². The Balaban J connectivity index is 1.82. The van der Waals surface area contributed by atoms with Crippen molar-refractivity contribution < 1.29 is 14.2 Å². The number of nitrogens with zero attached hydrogens (tertiary/aromatic N) is 2. The number of nitrogen functional groups attached to an aromatic ring is 1. The number of benzene rings is 1. The van der Waals surface area contributed by atoms with Gasteiger partial charge in [-0.05, 0) is 18.6 Å². The first-order chi connectivity index (χ1) is 9.81. The van der Waals surface area contributed by atoms with Crippen molar-refractivity contribution in [2.45, 2.75) is 6.42 Å². The molecule has 6 heteroatoms. The summed E-state index contributed by atoms with van der Waals surface area (Å²) in [6, 6.07) is 7.53. The lowest BCUT2D eigenvalue weighted by atomic mass is 10.3. The molecular formula is C14H19N3O3. The Labute approximate surface area is 117 Å². The third-order valence-corrected chi connectivity index (χ3v) is 2.67. The zero-order chi connectivity index (χ0) is 14.2. The Kier molecular flexibility index (Phi) is 5.52. The molecule has 0 saturated carbocycles. The van der Waals surface area contributed by atoms with Gasteiger partial charge in [-0.2, -0.15) is 0 Å². The SMILES string of the molecule is COCCCOCCOc1nc2ccccc2nc1N. The van der Waals surface area contributed by atoms with E-state index in [0.717, 1.165) is 17.5 Å². The molecule has 20 heavy (non-hydrogen) atoms. The molecule has 2 aromatic rings. The van der Waals surface area contributed by atoms with Crippen LogP contribution in [0.3, 0.4) is 0 Å². The fourth-order valence-corrected chi connectivity index (χ4v) is 1.71. The minimum absolute atomic E-state index is 0.295. The third-order valence-electron chi connectivity index (χ3n) is 2.67. The Morgan fingerprint density at radius 1 is 1.00 bits per heavy atom. The maximum atomic E-state index is 5.81. The van der Waals surface area contributed by atoms with Crippen molar-refractivity contribution in [1.82, 2.24) is 9.97 Å². The molecular weight excluding hydrogens is 258 g/mol. The first kappa shape index (κ1) is 14.5. The summed E-state index contributed by atoms with van der Waals surface area (Å²) >= 11 is 0. The molecule has 1 heterocycles. The second kappa shape index (κ2) is 7.62. The van der Waals surface area contributed by atoms with Gasteiger partial charge >= 0.3 is 0 Å². The van der Waals surface area contributed by atoms with Crippen molar-refractivity contribution in [2.75, 3.05) is 39.3 Å². The van der Waals surface area contributed by atoms with Gasteiger partial charge < -0.3 is 19.9 Å². The van der Waals surface area contributed by atoms with Gasteiger partial charge in [0.25, 0.3) is 5.88 Å². The Hall–Kier alpha value is -1.92. The molecule has 0 atom stereocenters. The molecule has 6 nitrogen and oxygen atoms in total. The molecule has 0 aliphatic rings. The summed E-state index contributed by atoms with van der Waals surface area (Å²) in [7, 11) is 1.67. The van der Waals surface area contributed by atoms with E-state index >= 15 is 0 Å². The number of nitrogens with two attached hydrogens (primary N) is 1. The number of hydrogen-bond acceptors (Lipinski definition) is 6. The highest BCUT2D eigenvalue weighted by molar-refractivity contribution is 5.76. The van der Waals surface area contributed by atoms with E-state index in [1.807, 2.05) is 24.3 Å². The van der Waals surface area contributed by atoms with Gasteiger partial charge in [-0.25, -0.2) is 9.97 Å². The minimum atomic E-state index is 0.295. The molecule has 108 valence electrons. The molecule has 2 N–H and O–H groups in total. The van der Waals surface area contributed by atoms with Crippen LogP contribution in [0.5, 0.6) is 5.88 Å². The topological polar surface area (TPSA) is 79.5 Å². The fourth-order valence-electron chi connectivity index (χ4n) is 1.71. The highest BCUT2D eigenvalue weighted by atomic mass is 16.5. The van der Waals surface area contributed by atoms with Crippen LogP contribution in [0.15, 0.2) is 24.3 Å². The lowest BCUT2D eigenvalue weighted by molar-refractivity contribution is 0.0798. The highest BCUT2D eigenvalue weighted by Crippen LogP contribution is 2.20. The minimum Gasteiger partial charge on any atom is -0.473 e. The molecule has 1 aromatic carbocycles. The quantitative estimate of drug-likeness (QED) is 0.739. The molecule has 0 radical (unpaired) electrons. The number of ether oxygens (including phenoxy) is 3. The average Bonchev–Trinajstić information content (AvgIpc) is 2.46. The number of anilines is 1. The smallest absolute Gasteiger partial charge is 0.257 e. The van der Waals surface area contributed by atoms with E-state index in [9.17, 15) is 0 Å². The van der Waals surface area contributed by atoms with E-state index < -0.39 is 0 Å². The predicted octanol–water partition coefficient (Wildman–Crippen LogP) is 1.64. The molecule has 0 aliphatic heterocycles. The molecule has 0 spiro atoms. The van der Waals surface area contributed by atoms with Crippen molar-refractivity contribution >= 4 is 16.9 Å². The highest BCUT2D eigenvalue weighted by Gasteiger charge is 2.06. The normalized spacial score (nSPS) is 10.8. The van der Waals surface area contributed by atoms with Gasteiger partial charge in [0.15, 0.2) is 5.82 Å². The standard InChI is InChI=1S/C14H19N3O3/c1-18-7-4-8-19-9-10-20-14-13(15)16-11-5-2-3-6-12(11)17-14/h2-3,5-6H,4,7-10H2,1H3,(H2,15,16). The van der Waals surface area contributed by atoms with E-state index in [4.69, 9.17) is 19.9 Å². The van der Waals surface area contributed by atoms with E-state index in [0.29, 0.717) is 38.1 Å². The molecule has 0 bridgehead atoms. The molecule has 0 aliphatic carbocycles. The van der Waals surface area contributed by atoms with Gasteiger partial charge in [0, 0.05) is 20.3 Å². The number of aromatic nitrogens is 2. The van der Waals surface area contributed by atoms with Crippen molar-refractivity contribution in [2.24, 2.45) is 0 Å². The van der Waals surface area contributed by atoms with Crippen LogP contribution in [0.2, 0.25) is 0 Å². The second-order valence-electron chi connectivity index (χ2n) is 4.21. The number of fused-ring (bicyclic) bond motifs is 1. The molecule has 1 aromatic heterocycles. The van der Waals surface area contributed by atoms with Crippen LogP contribution < -0.4 is 10.5 Å². The van der Waals surface area contributed by atoms with Crippen LogP contribution in [0.25, 0.3) is 11.0 Å². The summed E-state index contributed by atoms with van der Waals surface area (Å²) in [6.45, 7) is 2.22. The fraction of sp³-hybridized carbons (Fsp3) is 0.429. The van der Waals surface area contributed by atoms with E-state index in [1.165, 1.54) is 0 Å². The predicted molar refractivity (Wildman–Crippen MR) is 76.8 cm³/mol. The molecule has 0 fully saturated rings.